The summed E-state index contributed by atoms with van der Waals surface area (Å²) in [7, 11) is 0. The predicted octanol–water partition coefficient (Wildman–Crippen LogP) is 3.19. The normalized spacial score (nSPS) is 17.2. The van der Waals surface area contributed by atoms with Crippen LogP contribution < -0.4 is 0 Å². The highest BCUT2D eigenvalue weighted by atomic mass is 16.6. The molecule has 0 aliphatic carbocycles. The Morgan fingerprint density at radius 1 is 1.29 bits per heavy atom. The molecule has 1 aromatic heterocycles. The van der Waals surface area contributed by atoms with Crippen molar-refractivity contribution < 1.29 is 9.53 Å². The zero-order valence-electron chi connectivity index (χ0n) is 12.0. The van der Waals surface area contributed by atoms with E-state index in [2.05, 4.69) is 17.1 Å². The molecule has 0 spiro atoms. The molecule has 0 saturated heterocycles. The van der Waals surface area contributed by atoms with Gasteiger partial charge in [0, 0.05) is 18.9 Å². The van der Waals surface area contributed by atoms with E-state index < -0.39 is 0 Å². The predicted molar refractivity (Wildman–Crippen MR) is 80.0 cm³/mol. The maximum atomic E-state index is 12.3. The first kappa shape index (κ1) is 13.6. The molecule has 4 heteroatoms. The van der Waals surface area contributed by atoms with Gasteiger partial charge >= 0.3 is 6.09 Å². The summed E-state index contributed by atoms with van der Waals surface area (Å²) in [5.74, 6) is 0. The number of pyridine rings is 1. The quantitative estimate of drug-likeness (QED) is 0.849. The molecule has 1 aliphatic rings. The third kappa shape index (κ3) is 2.61. The van der Waals surface area contributed by atoms with E-state index in [-0.39, 0.29) is 12.1 Å². The minimum absolute atomic E-state index is 0.100. The van der Waals surface area contributed by atoms with E-state index in [9.17, 15) is 4.79 Å². The van der Waals surface area contributed by atoms with Crippen LogP contribution in [0.25, 0.3) is 0 Å². The summed E-state index contributed by atoms with van der Waals surface area (Å²) in [6.07, 6.45) is 4.12. The van der Waals surface area contributed by atoms with Crippen LogP contribution in [0.4, 0.5) is 4.79 Å². The molecule has 0 radical (unpaired) electrons. The molecule has 1 unspecified atom stereocenters. The topological polar surface area (TPSA) is 42.4 Å². The Hall–Kier alpha value is -2.36. The molecular weight excluding hydrogens is 264 g/mol. The number of nitrogens with zero attached hydrogens (tertiary/aromatic N) is 2. The Balaban J connectivity index is 2.05. The summed E-state index contributed by atoms with van der Waals surface area (Å²) < 4.78 is 5.22. The Bertz CT molecular complexity index is 628. The van der Waals surface area contributed by atoms with E-state index in [4.69, 9.17) is 4.74 Å². The number of fused-ring (bicyclic) bond motifs is 1. The Morgan fingerprint density at radius 3 is 2.81 bits per heavy atom. The molecule has 0 N–H and O–H groups in total. The third-order valence-electron chi connectivity index (χ3n) is 3.81. The molecule has 2 aromatic rings. The van der Waals surface area contributed by atoms with Crippen LogP contribution in [0, 0.1) is 0 Å². The highest BCUT2D eigenvalue weighted by Gasteiger charge is 2.32. The van der Waals surface area contributed by atoms with Gasteiger partial charge in [0.05, 0.1) is 12.6 Å². The fourth-order valence-electron chi connectivity index (χ4n) is 2.87. The minimum Gasteiger partial charge on any atom is -0.450 e. The summed E-state index contributed by atoms with van der Waals surface area (Å²) in [6.45, 7) is 2.89. The lowest BCUT2D eigenvalue weighted by Gasteiger charge is -2.36. The summed E-state index contributed by atoms with van der Waals surface area (Å²) in [5.41, 5.74) is 3.52. The van der Waals surface area contributed by atoms with Crippen molar-refractivity contribution in [2.75, 3.05) is 13.2 Å². The first-order valence-electron chi connectivity index (χ1n) is 7.22. The number of benzene rings is 1. The van der Waals surface area contributed by atoms with Crippen LogP contribution in [0.1, 0.15) is 29.7 Å². The highest BCUT2D eigenvalue weighted by Crippen LogP contribution is 2.35. The molecule has 4 nitrogen and oxygen atoms in total. The van der Waals surface area contributed by atoms with Gasteiger partial charge in [0.15, 0.2) is 0 Å². The monoisotopic (exact) mass is 282 g/mol. The second-order valence-corrected chi connectivity index (χ2v) is 5.02. The van der Waals surface area contributed by atoms with Crippen molar-refractivity contribution >= 4 is 6.09 Å². The van der Waals surface area contributed by atoms with Crippen LogP contribution in [0.2, 0.25) is 0 Å². The zero-order chi connectivity index (χ0) is 14.7. The Labute approximate surface area is 124 Å². The lowest BCUT2D eigenvalue weighted by Crippen LogP contribution is -2.40. The summed E-state index contributed by atoms with van der Waals surface area (Å²) in [4.78, 5) is 18.2. The van der Waals surface area contributed by atoms with E-state index in [1.807, 2.05) is 31.2 Å². The van der Waals surface area contributed by atoms with E-state index in [0.717, 1.165) is 12.0 Å². The smallest absolute Gasteiger partial charge is 0.410 e. The van der Waals surface area contributed by atoms with Crippen LogP contribution in [-0.4, -0.2) is 29.1 Å². The SMILES string of the molecule is CCOC(=O)N1CCc2ccccc2C1c1ccncc1. The van der Waals surface area contributed by atoms with Gasteiger partial charge in [0.1, 0.15) is 0 Å². The van der Waals surface area contributed by atoms with Gasteiger partial charge in [0.2, 0.25) is 0 Å². The van der Waals surface area contributed by atoms with Crippen molar-refractivity contribution in [1.82, 2.24) is 9.88 Å². The number of carbonyl (C=O) groups excluding carboxylic acids is 1. The van der Waals surface area contributed by atoms with Crippen LogP contribution >= 0.6 is 0 Å². The number of hydrogen-bond donors (Lipinski definition) is 0. The molecule has 0 bridgehead atoms. The van der Waals surface area contributed by atoms with E-state index in [1.54, 1.807) is 17.3 Å². The fraction of sp³-hybridized carbons (Fsp3) is 0.294. The lowest BCUT2D eigenvalue weighted by atomic mass is 9.89. The summed E-state index contributed by atoms with van der Waals surface area (Å²) in [5, 5.41) is 0. The van der Waals surface area contributed by atoms with Gasteiger partial charge in [-0.1, -0.05) is 24.3 Å². The standard InChI is InChI=1S/C17H18N2O2/c1-2-21-17(20)19-12-9-13-5-3-4-6-15(13)16(19)14-7-10-18-11-8-14/h3-8,10-11,16H,2,9,12H2,1H3. The van der Waals surface area contributed by atoms with Gasteiger partial charge in [-0.3, -0.25) is 9.88 Å². The maximum Gasteiger partial charge on any atom is 0.410 e. The maximum absolute atomic E-state index is 12.3. The molecular formula is C17H18N2O2. The summed E-state index contributed by atoms with van der Waals surface area (Å²) in [6, 6.07) is 12.1. The molecule has 21 heavy (non-hydrogen) atoms. The van der Waals surface area contributed by atoms with Gasteiger partial charge in [-0.25, -0.2) is 4.79 Å². The van der Waals surface area contributed by atoms with Crippen LogP contribution in [-0.2, 0) is 11.2 Å². The van der Waals surface area contributed by atoms with Gasteiger partial charge in [-0.05, 0) is 42.2 Å². The molecule has 108 valence electrons. The highest BCUT2D eigenvalue weighted by molar-refractivity contribution is 5.70. The second-order valence-electron chi connectivity index (χ2n) is 5.02. The van der Waals surface area contributed by atoms with Crippen molar-refractivity contribution in [1.29, 1.82) is 0 Å². The molecule has 1 aromatic carbocycles. The number of carbonyl (C=O) groups is 1. The largest absolute Gasteiger partial charge is 0.450 e. The number of rotatable bonds is 2. The van der Waals surface area contributed by atoms with E-state index in [1.165, 1.54) is 11.1 Å². The lowest BCUT2D eigenvalue weighted by molar-refractivity contribution is 0.0937. The summed E-state index contributed by atoms with van der Waals surface area (Å²) >= 11 is 0. The van der Waals surface area contributed by atoms with Gasteiger partial charge in [-0.15, -0.1) is 0 Å². The van der Waals surface area contributed by atoms with Crippen molar-refractivity contribution in [2.45, 2.75) is 19.4 Å². The molecule has 1 aliphatic heterocycles. The second kappa shape index (κ2) is 5.95. The van der Waals surface area contributed by atoms with Crippen molar-refractivity contribution in [2.24, 2.45) is 0 Å². The molecule has 1 amide bonds. The van der Waals surface area contributed by atoms with E-state index >= 15 is 0 Å². The number of aromatic nitrogens is 1. The van der Waals surface area contributed by atoms with Crippen LogP contribution in [0.15, 0.2) is 48.8 Å². The van der Waals surface area contributed by atoms with Gasteiger partial charge in [0.25, 0.3) is 0 Å². The average Bonchev–Trinajstić information content (AvgIpc) is 2.55. The first-order valence-corrected chi connectivity index (χ1v) is 7.22. The van der Waals surface area contributed by atoms with E-state index in [0.29, 0.717) is 13.2 Å². The molecule has 3 rings (SSSR count). The molecule has 0 saturated carbocycles. The number of amides is 1. The third-order valence-corrected chi connectivity index (χ3v) is 3.81. The van der Waals surface area contributed by atoms with Crippen LogP contribution in [0.3, 0.4) is 0 Å². The molecule has 0 fully saturated rings. The minimum atomic E-state index is -0.256. The van der Waals surface area contributed by atoms with Crippen molar-refractivity contribution in [3.05, 3.63) is 65.5 Å². The number of hydrogen-bond acceptors (Lipinski definition) is 3. The van der Waals surface area contributed by atoms with Crippen molar-refractivity contribution in [3.8, 4) is 0 Å². The van der Waals surface area contributed by atoms with Crippen molar-refractivity contribution in [3.63, 3.8) is 0 Å². The molecule has 1 atom stereocenters. The Kier molecular flexibility index (Phi) is 3.86. The number of ether oxygens (including phenoxy) is 1. The molecule has 2 heterocycles. The van der Waals surface area contributed by atoms with Crippen LogP contribution in [0.5, 0.6) is 0 Å². The Morgan fingerprint density at radius 2 is 2.05 bits per heavy atom. The fourth-order valence-corrected chi connectivity index (χ4v) is 2.87. The zero-order valence-corrected chi connectivity index (χ0v) is 12.0. The first-order chi connectivity index (χ1) is 10.3. The van der Waals surface area contributed by atoms with Gasteiger partial charge < -0.3 is 4.74 Å². The van der Waals surface area contributed by atoms with Gasteiger partial charge in [-0.2, -0.15) is 0 Å². The average molecular weight is 282 g/mol.